The Bertz CT molecular complexity index is 657. The van der Waals surface area contributed by atoms with E-state index in [0.717, 1.165) is 16.7 Å². The maximum atomic E-state index is 12.6. The summed E-state index contributed by atoms with van der Waals surface area (Å²) in [5, 5.41) is 13.2. The highest BCUT2D eigenvalue weighted by atomic mass is 16.3. The second-order valence-electron chi connectivity index (χ2n) is 5.66. The molecule has 0 aromatic heterocycles. The highest BCUT2D eigenvalue weighted by Crippen LogP contribution is 2.31. The third-order valence-electron chi connectivity index (χ3n) is 4.26. The lowest BCUT2D eigenvalue weighted by Crippen LogP contribution is -2.39. The molecule has 22 heavy (non-hydrogen) atoms. The van der Waals surface area contributed by atoms with E-state index in [4.69, 9.17) is 5.73 Å². The Kier molecular flexibility index (Phi) is 4.22. The first kappa shape index (κ1) is 14.8. The van der Waals surface area contributed by atoms with Gasteiger partial charge in [-0.25, -0.2) is 0 Å². The fraction of sp³-hybridized carbons (Fsp3) is 0.278. The predicted octanol–water partition coefficient (Wildman–Crippen LogP) is 1.50. The molecule has 114 valence electrons. The number of hydrogen-bond acceptors (Lipinski definition) is 3. The van der Waals surface area contributed by atoms with Gasteiger partial charge in [0.25, 0.3) is 0 Å². The quantitative estimate of drug-likeness (QED) is 0.800. The molecule has 1 amide bonds. The van der Waals surface area contributed by atoms with Crippen molar-refractivity contribution in [2.24, 2.45) is 5.73 Å². The van der Waals surface area contributed by atoms with Crippen LogP contribution in [-0.2, 0) is 11.2 Å². The van der Waals surface area contributed by atoms with E-state index in [0.29, 0.717) is 6.42 Å². The van der Waals surface area contributed by atoms with Crippen molar-refractivity contribution < 1.29 is 9.90 Å². The first-order chi connectivity index (χ1) is 10.7. The van der Waals surface area contributed by atoms with Crippen LogP contribution in [0.3, 0.4) is 0 Å². The largest absolute Gasteiger partial charge is 0.390 e. The van der Waals surface area contributed by atoms with Gasteiger partial charge in [0, 0.05) is 13.0 Å². The van der Waals surface area contributed by atoms with Gasteiger partial charge < -0.3 is 16.2 Å². The minimum atomic E-state index is -0.587. The highest BCUT2D eigenvalue weighted by Gasteiger charge is 2.33. The minimum absolute atomic E-state index is 0.144. The van der Waals surface area contributed by atoms with Gasteiger partial charge in [-0.05, 0) is 16.7 Å². The normalized spacial score (nSPS) is 21.2. The zero-order valence-corrected chi connectivity index (χ0v) is 12.3. The Morgan fingerprint density at radius 1 is 1.18 bits per heavy atom. The predicted molar refractivity (Wildman–Crippen MR) is 85.3 cm³/mol. The number of aliphatic hydroxyl groups is 1. The van der Waals surface area contributed by atoms with Crippen LogP contribution in [-0.4, -0.2) is 23.7 Å². The molecule has 3 rings (SSSR count). The number of rotatable bonds is 4. The Morgan fingerprint density at radius 2 is 1.86 bits per heavy atom. The van der Waals surface area contributed by atoms with Crippen molar-refractivity contribution in [3.8, 4) is 0 Å². The van der Waals surface area contributed by atoms with E-state index in [2.05, 4.69) is 5.32 Å². The van der Waals surface area contributed by atoms with Crippen LogP contribution in [0.5, 0.6) is 0 Å². The summed E-state index contributed by atoms with van der Waals surface area (Å²) in [6, 6.07) is 16.9. The van der Waals surface area contributed by atoms with E-state index in [1.54, 1.807) is 0 Å². The first-order valence-corrected chi connectivity index (χ1v) is 7.52. The zero-order chi connectivity index (χ0) is 15.5. The Labute approximate surface area is 130 Å². The van der Waals surface area contributed by atoms with Gasteiger partial charge >= 0.3 is 0 Å². The van der Waals surface area contributed by atoms with Crippen LogP contribution >= 0.6 is 0 Å². The molecule has 1 unspecified atom stereocenters. The van der Waals surface area contributed by atoms with E-state index in [1.807, 2.05) is 54.6 Å². The topological polar surface area (TPSA) is 75.4 Å². The second-order valence-corrected chi connectivity index (χ2v) is 5.66. The van der Waals surface area contributed by atoms with Gasteiger partial charge in [-0.2, -0.15) is 0 Å². The number of carbonyl (C=O) groups is 1. The van der Waals surface area contributed by atoms with Crippen molar-refractivity contribution in [3.63, 3.8) is 0 Å². The van der Waals surface area contributed by atoms with Crippen molar-refractivity contribution in [2.75, 3.05) is 6.54 Å². The SMILES string of the molecule is NCC(C(=O)N[C@H]1c2ccccc2C[C@H]1O)c1ccccc1. The van der Waals surface area contributed by atoms with Gasteiger partial charge in [-0.15, -0.1) is 0 Å². The van der Waals surface area contributed by atoms with Crippen LogP contribution in [0.15, 0.2) is 54.6 Å². The Hall–Kier alpha value is -2.17. The van der Waals surface area contributed by atoms with Gasteiger partial charge in [0.05, 0.1) is 18.1 Å². The lowest BCUT2D eigenvalue weighted by molar-refractivity contribution is -0.123. The Balaban J connectivity index is 1.79. The third kappa shape index (κ3) is 2.75. The first-order valence-electron chi connectivity index (χ1n) is 7.52. The second kappa shape index (κ2) is 6.30. The zero-order valence-electron chi connectivity index (χ0n) is 12.3. The molecule has 1 aliphatic carbocycles. The van der Waals surface area contributed by atoms with Crippen molar-refractivity contribution >= 4 is 5.91 Å². The third-order valence-corrected chi connectivity index (χ3v) is 4.26. The average molecular weight is 296 g/mol. The Morgan fingerprint density at radius 3 is 2.59 bits per heavy atom. The number of nitrogens with one attached hydrogen (secondary N) is 1. The molecule has 0 bridgehead atoms. The van der Waals surface area contributed by atoms with Gasteiger partial charge in [-0.1, -0.05) is 54.6 Å². The molecule has 0 radical (unpaired) electrons. The number of aliphatic hydroxyl groups excluding tert-OH is 1. The van der Waals surface area contributed by atoms with E-state index in [-0.39, 0.29) is 18.5 Å². The molecular formula is C18H20N2O2. The average Bonchev–Trinajstić information content (AvgIpc) is 2.85. The molecule has 4 nitrogen and oxygen atoms in total. The number of hydrogen-bond donors (Lipinski definition) is 3. The summed E-state index contributed by atoms with van der Waals surface area (Å²) in [5.74, 6) is -0.546. The molecule has 2 aromatic carbocycles. The number of nitrogens with two attached hydrogens (primary N) is 1. The molecule has 0 saturated carbocycles. The van der Waals surface area contributed by atoms with Gasteiger partial charge in [-0.3, -0.25) is 4.79 Å². The molecular weight excluding hydrogens is 276 g/mol. The van der Waals surface area contributed by atoms with Crippen LogP contribution in [0.4, 0.5) is 0 Å². The van der Waals surface area contributed by atoms with Gasteiger partial charge in [0.15, 0.2) is 0 Å². The monoisotopic (exact) mass is 296 g/mol. The molecule has 0 fully saturated rings. The van der Waals surface area contributed by atoms with Crippen molar-refractivity contribution in [2.45, 2.75) is 24.5 Å². The summed E-state index contributed by atoms with van der Waals surface area (Å²) < 4.78 is 0. The molecule has 4 heteroatoms. The fourth-order valence-corrected chi connectivity index (χ4v) is 3.08. The van der Waals surface area contributed by atoms with Crippen LogP contribution < -0.4 is 11.1 Å². The number of carbonyl (C=O) groups excluding carboxylic acids is 1. The van der Waals surface area contributed by atoms with Crippen LogP contribution in [0.25, 0.3) is 0 Å². The molecule has 3 atom stereocenters. The number of amides is 1. The molecule has 4 N–H and O–H groups in total. The molecule has 2 aromatic rings. The summed E-state index contributed by atoms with van der Waals surface area (Å²) in [5.41, 5.74) is 8.76. The lowest BCUT2D eigenvalue weighted by Gasteiger charge is -2.22. The van der Waals surface area contributed by atoms with Crippen LogP contribution in [0, 0.1) is 0 Å². The molecule has 0 aliphatic heterocycles. The van der Waals surface area contributed by atoms with Crippen LogP contribution in [0.2, 0.25) is 0 Å². The summed E-state index contributed by atoms with van der Waals surface area (Å²) >= 11 is 0. The smallest absolute Gasteiger partial charge is 0.229 e. The summed E-state index contributed by atoms with van der Waals surface area (Å²) in [6.07, 6.45) is -0.0183. The van der Waals surface area contributed by atoms with Crippen molar-refractivity contribution in [1.29, 1.82) is 0 Å². The van der Waals surface area contributed by atoms with Crippen LogP contribution in [0.1, 0.15) is 28.7 Å². The standard InChI is InChI=1S/C18H20N2O2/c19-11-15(12-6-2-1-3-7-12)18(22)20-17-14-9-5-4-8-13(14)10-16(17)21/h1-9,15-17,21H,10-11,19H2,(H,20,22)/t15?,16-,17+/m1/s1. The van der Waals surface area contributed by atoms with E-state index < -0.39 is 12.0 Å². The maximum absolute atomic E-state index is 12.6. The summed E-state index contributed by atoms with van der Waals surface area (Å²) in [4.78, 5) is 12.6. The van der Waals surface area contributed by atoms with Gasteiger partial charge in [0.2, 0.25) is 5.91 Å². The summed E-state index contributed by atoms with van der Waals surface area (Å²) in [7, 11) is 0. The fourth-order valence-electron chi connectivity index (χ4n) is 3.08. The maximum Gasteiger partial charge on any atom is 0.229 e. The molecule has 0 spiro atoms. The van der Waals surface area contributed by atoms with Crippen molar-refractivity contribution in [3.05, 3.63) is 71.3 Å². The molecule has 1 aliphatic rings. The molecule has 0 saturated heterocycles. The summed E-state index contributed by atoms with van der Waals surface area (Å²) in [6.45, 7) is 0.236. The lowest BCUT2D eigenvalue weighted by atomic mass is 9.97. The number of benzene rings is 2. The highest BCUT2D eigenvalue weighted by molar-refractivity contribution is 5.84. The van der Waals surface area contributed by atoms with E-state index in [1.165, 1.54) is 0 Å². The van der Waals surface area contributed by atoms with E-state index >= 15 is 0 Å². The minimum Gasteiger partial charge on any atom is -0.390 e. The van der Waals surface area contributed by atoms with Gasteiger partial charge in [0.1, 0.15) is 0 Å². The number of fused-ring (bicyclic) bond motifs is 1. The van der Waals surface area contributed by atoms with Crippen molar-refractivity contribution in [1.82, 2.24) is 5.32 Å². The van der Waals surface area contributed by atoms with E-state index in [9.17, 15) is 9.90 Å². The molecule has 0 heterocycles.